The summed E-state index contributed by atoms with van der Waals surface area (Å²) in [5, 5.41) is 7.86. The number of thiazole rings is 1. The molecule has 0 radical (unpaired) electrons. The number of aryl methyl sites for hydroxylation is 1. The van der Waals surface area contributed by atoms with Crippen molar-refractivity contribution in [3.05, 3.63) is 70.6 Å². The van der Waals surface area contributed by atoms with E-state index in [1.54, 1.807) is 24.3 Å². The molecular formula is C25H24N4O4S. The first kappa shape index (κ1) is 23.3. The van der Waals surface area contributed by atoms with E-state index in [0.717, 1.165) is 29.0 Å². The van der Waals surface area contributed by atoms with Crippen molar-refractivity contribution in [2.45, 2.75) is 26.2 Å². The van der Waals surface area contributed by atoms with Crippen LogP contribution >= 0.6 is 11.3 Å². The molecule has 3 aromatic rings. The molecule has 1 aliphatic rings. The molecule has 8 nitrogen and oxygen atoms in total. The number of carbonyl (C=O) groups excluding carboxylic acids is 4. The Bertz CT molecular complexity index is 1200. The predicted molar refractivity (Wildman–Crippen MR) is 130 cm³/mol. The minimum atomic E-state index is -0.372. The average molecular weight is 477 g/mol. The molecule has 4 amide bonds. The Morgan fingerprint density at radius 3 is 2.32 bits per heavy atom. The molecule has 2 N–H and O–H groups in total. The van der Waals surface area contributed by atoms with Gasteiger partial charge in [-0.2, -0.15) is 0 Å². The summed E-state index contributed by atoms with van der Waals surface area (Å²) in [6, 6.07) is 14.7. The fourth-order valence-corrected chi connectivity index (χ4v) is 4.44. The summed E-state index contributed by atoms with van der Waals surface area (Å²) in [6.45, 7) is 2.17. The number of fused-ring (bicyclic) bond motifs is 1. The maximum absolute atomic E-state index is 12.4. The van der Waals surface area contributed by atoms with E-state index in [1.807, 2.05) is 29.6 Å². The summed E-state index contributed by atoms with van der Waals surface area (Å²) < 4.78 is 0. The standard InChI is InChI=1S/C25H24N4O4S/c1-16(30)26-13-4-5-17-8-10-18(11-9-17)21-15-34-25(27-21)28-22(31)12-14-29-23(32)19-6-2-3-7-20(19)24(29)33/h2-3,6-11,15H,4-5,12-14H2,1H3,(H,26,30)(H,27,28,31). The normalized spacial score (nSPS) is 12.6. The van der Waals surface area contributed by atoms with Gasteiger partial charge in [-0.05, 0) is 30.5 Å². The van der Waals surface area contributed by atoms with Gasteiger partial charge in [0.25, 0.3) is 11.8 Å². The molecule has 0 saturated carbocycles. The molecule has 0 unspecified atom stereocenters. The van der Waals surface area contributed by atoms with E-state index in [-0.39, 0.29) is 36.6 Å². The lowest BCUT2D eigenvalue weighted by Gasteiger charge is -2.12. The van der Waals surface area contributed by atoms with Gasteiger partial charge in [0.05, 0.1) is 16.8 Å². The quantitative estimate of drug-likeness (QED) is 0.363. The summed E-state index contributed by atoms with van der Waals surface area (Å²) >= 11 is 1.31. The Balaban J connectivity index is 1.27. The first-order chi connectivity index (χ1) is 16.4. The Morgan fingerprint density at radius 2 is 1.68 bits per heavy atom. The number of rotatable bonds is 9. The van der Waals surface area contributed by atoms with Crippen LogP contribution in [0.4, 0.5) is 5.13 Å². The second kappa shape index (κ2) is 10.4. The SMILES string of the molecule is CC(=O)NCCCc1ccc(-c2csc(NC(=O)CCN3C(=O)c4ccccc4C3=O)n2)cc1. The minimum absolute atomic E-state index is 0.00638. The van der Waals surface area contributed by atoms with Crippen LogP contribution < -0.4 is 10.6 Å². The van der Waals surface area contributed by atoms with E-state index in [4.69, 9.17) is 0 Å². The molecule has 174 valence electrons. The smallest absolute Gasteiger partial charge is 0.261 e. The van der Waals surface area contributed by atoms with Gasteiger partial charge >= 0.3 is 0 Å². The van der Waals surface area contributed by atoms with Gasteiger partial charge in [-0.3, -0.25) is 24.1 Å². The van der Waals surface area contributed by atoms with Gasteiger partial charge < -0.3 is 10.6 Å². The number of carbonyl (C=O) groups is 4. The van der Waals surface area contributed by atoms with Crippen LogP contribution in [0.25, 0.3) is 11.3 Å². The first-order valence-corrected chi connectivity index (χ1v) is 11.8. The van der Waals surface area contributed by atoms with Crippen LogP contribution in [-0.4, -0.2) is 46.6 Å². The molecule has 34 heavy (non-hydrogen) atoms. The molecule has 2 aromatic carbocycles. The van der Waals surface area contributed by atoms with Crippen LogP contribution in [-0.2, 0) is 16.0 Å². The van der Waals surface area contributed by atoms with Gasteiger partial charge in [-0.25, -0.2) is 4.98 Å². The Morgan fingerprint density at radius 1 is 1.00 bits per heavy atom. The maximum atomic E-state index is 12.4. The van der Waals surface area contributed by atoms with Crippen LogP contribution in [0.1, 0.15) is 46.0 Å². The first-order valence-electron chi connectivity index (χ1n) is 11.0. The van der Waals surface area contributed by atoms with Gasteiger partial charge in [0, 0.05) is 37.4 Å². The zero-order valence-corrected chi connectivity index (χ0v) is 19.5. The zero-order chi connectivity index (χ0) is 24.1. The third-order valence-corrected chi connectivity index (χ3v) is 6.21. The lowest BCUT2D eigenvalue weighted by atomic mass is 10.1. The van der Waals surface area contributed by atoms with Crippen molar-refractivity contribution in [3.63, 3.8) is 0 Å². The van der Waals surface area contributed by atoms with Crippen LogP contribution in [0.15, 0.2) is 53.9 Å². The van der Waals surface area contributed by atoms with E-state index in [0.29, 0.717) is 22.8 Å². The van der Waals surface area contributed by atoms with Crippen molar-refractivity contribution in [2.24, 2.45) is 0 Å². The molecule has 1 aliphatic heterocycles. The third-order valence-electron chi connectivity index (χ3n) is 5.46. The third kappa shape index (κ3) is 5.37. The van der Waals surface area contributed by atoms with Crippen LogP contribution in [0.5, 0.6) is 0 Å². The largest absolute Gasteiger partial charge is 0.356 e. The van der Waals surface area contributed by atoms with Crippen molar-refractivity contribution in [3.8, 4) is 11.3 Å². The molecule has 9 heteroatoms. The molecule has 1 aromatic heterocycles. The van der Waals surface area contributed by atoms with Crippen LogP contribution in [0.2, 0.25) is 0 Å². The van der Waals surface area contributed by atoms with E-state index in [9.17, 15) is 19.2 Å². The van der Waals surface area contributed by atoms with Gasteiger partial charge in [-0.1, -0.05) is 36.4 Å². The highest BCUT2D eigenvalue weighted by Gasteiger charge is 2.34. The summed E-state index contributed by atoms with van der Waals surface area (Å²) in [4.78, 5) is 53.7. The molecule has 0 spiro atoms. The molecule has 2 heterocycles. The topological polar surface area (TPSA) is 108 Å². The number of nitrogens with zero attached hydrogens (tertiary/aromatic N) is 2. The van der Waals surface area contributed by atoms with Crippen molar-refractivity contribution >= 4 is 40.1 Å². The molecule has 0 bridgehead atoms. The Kier molecular flexibility index (Phi) is 7.12. The van der Waals surface area contributed by atoms with Gasteiger partial charge in [0.1, 0.15) is 0 Å². The molecular weight excluding hydrogens is 452 g/mol. The number of hydrogen-bond donors (Lipinski definition) is 2. The van der Waals surface area contributed by atoms with Crippen molar-refractivity contribution in [1.29, 1.82) is 0 Å². The fraction of sp³-hybridized carbons (Fsp3) is 0.240. The number of benzene rings is 2. The zero-order valence-electron chi connectivity index (χ0n) is 18.7. The average Bonchev–Trinajstić information content (AvgIpc) is 3.39. The number of nitrogens with one attached hydrogen (secondary N) is 2. The van der Waals surface area contributed by atoms with Gasteiger partial charge in [0.15, 0.2) is 5.13 Å². The molecule has 0 aliphatic carbocycles. The van der Waals surface area contributed by atoms with Crippen LogP contribution in [0.3, 0.4) is 0 Å². The number of anilines is 1. The van der Waals surface area contributed by atoms with Crippen molar-refractivity contribution in [1.82, 2.24) is 15.2 Å². The molecule has 4 rings (SSSR count). The minimum Gasteiger partial charge on any atom is -0.356 e. The Hall–Kier alpha value is -3.85. The summed E-state index contributed by atoms with van der Waals surface area (Å²) in [7, 11) is 0. The highest BCUT2D eigenvalue weighted by molar-refractivity contribution is 7.14. The highest BCUT2D eigenvalue weighted by Crippen LogP contribution is 2.26. The number of amides is 4. The summed E-state index contributed by atoms with van der Waals surface area (Å²) in [6.07, 6.45) is 1.73. The summed E-state index contributed by atoms with van der Waals surface area (Å²) in [5.74, 6) is -1.08. The van der Waals surface area contributed by atoms with E-state index >= 15 is 0 Å². The number of hydrogen-bond acceptors (Lipinski definition) is 6. The van der Waals surface area contributed by atoms with Crippen molar-refractivity contribution in [2.75, 3.05) is 18.4 Å². The van der Waals surface area contributed by atoms with Crippen LogP contribution in [0, 0.1) is 0 Å². The maximum Gasteiger partial charge on any atom is 0.261 e. The van der Waals surface area contributed by atoms with Gasteiger partial charge in [-0.15, -0.1) is 11.3 Å². The second-order valence-corrected chi connectivity index (χ2v) is 8.79. The number of aromatic nitrogens is 1. The Labute approximate surface area is 201 Å². The highest BCUT2D eigenvalue weighted by atomic mass is 32.1. The fourth-order valence-electron chi connectivity index (χ4n) is 3.70. The lowest BCUT2D eigenvalue weighted by molar-refractivity contribution is -0.119. The van der Waals surface area contributed by atoms with Gasteiger partial charge in [0.2, 0.25) is 11.8 Å². The van der Waals surface area contributed by atoms with Crippen molar-refractivity contribution < 1.29 is 19.2 Å². The lowest BCUT2D eigenvalue weighted by Crippen LogP contribution is -2.32. The molecule has 0 fully saturated rings. The number of imide groups is 1. The van der Waals surface area contributed by atoms with E-state index in [2.05, 4.69) is 15.6 Å². The second-order valence-electron chi connectivity index (χ2n) is 7.93. The monoisotopic (exact) mass is 476 g/mol. The van der Waals surface area contributed by atoms with E-state index in [1.165, 1.54) is 23.8 Å². The summed E-state index contributed by atoms with van der Waals surface area (Å²) in [5.41, 5.74) is 3.61. The molecule has 0 atom stereocenters. The molecule has 0 saturated heterocycles. The predicted octanol–water partition coefficient (Wildman–Crippen LogP) is 3.50. The van der Waals surface area contributed by atoms with E-state index < -0.39 is 0 Å².